The Morgan fingerprint density at radius 2 is 1.81 bits per heavy atom. The highest BCUT2D eigenvalue weighted by molar-refractivity contribution is 6.30. The summed E-state index contributed by atoms with van der Waals surface area (Å²) in [5.41, 5.74) is 4.14. The molecule has 2 aromatic heterocycles. The third-order valence-corrected chi connectivity index (χ3v) is 5.70. The zero-order valence-corrected chi connectivity index (χ0v) is 18.9. The topological polar surface area (TPSA) is 64.2 Å². The molecule has 0 unspecified atom stereocenters. The van der Waals surface area contributed by atoms with Crippen molar-refractivity contribution in [3.8, 4) is 17.1 Å². The molecule has 2 aromatic carbocycles. The van der Waals surface area contributed by atoms with Crippen LogP contribution in [0.5, 0.6) is 0 Å². The van der Waals surface area contributed by atoms with E-state index >= 15 is 0 Å². The van der Waals surface area contributed by atoms with Crippen LogP contribution in [0.2, 0.25) is 5.02 Å². The lowest BCUT2D eigenvalue weighted by molar-refractivity contribution is 0.102. The van der Waals surface area contributed by atoms with Crippen molar-refractivity contribution in [3.05, 3.63) is 105 Å². The zero-order valence-electron chi connectivity index (χ0n) is 18.1. The van der Waals surface area contributed by atoms with Gasteiger partial charge in [-0.2, -0.15) is 0 Å². The average Bonchev–Trinajstić information content (AvgIpc) is 3.30. The van der Waals surface area contributed by atoms with Gasteiger partial charge in [0.2, 0.25) is 0 Å². The van der Waals surface area contributed by atoms with Gasteiger partial charge in [0.25, 0.3) is 5.91 Å². The Bertz CT molecular complexity index is 1340. The standard InChI is InChI=1S/C26H23ClN2O3/c1-4-18-8-5-7-16(2)24(18)28-26(31)23-21(30)15-17(3)29(20-12-10-19(27)11-13-20)25(23)22-9-6-14-32-22/h5-15H,4H2,1-3H3,(H,28,31). The fraction of sp³-hybridized carbons (Fsp3) is 0.154. The summed E-state index contributed by atoms with van der Waals surface area (Å²) in [6.07, 6.45) is 2.28. The molecule has 0 spiro atoms. The van der Waals surface area contributed by atoms with Gasteiger partial charge in [0.05, 0.1) is 6.26 Å². The lowest BCUT2D eigenvalue weighted by atomic mass is 10.0. The Morgan fingerprint density at radius 3 is 2.47 bits per heavy atom. The number of para-hydroxylation sites is 1. The van der Waals surface area contributed by atoms with Crippen LogP contribution in [-0.2, 0) is 6.42 Å². The molecule has 0 bridgehead atoms. The van der Waals surface area contributed by atoms with Gasteiger partial charge in [-0.1, -0.05) is 36.7 Å². The van der Waals surface area contributed by atoms with Crippen LogP contribution >= 0.6 is 11.6 Å². The molecule has 0 aliphatic heterocycles. The van der Waals surface area contributed by atoms with Crippen LogP contribution in [0.1, 0.15) is 34.1 Å². The zero-order chi connectivity index (χ0) is 22.8. The Labute approximate surface area is 191 Å². The van der Waals surface area contributed by atoms with Crippen LogP contribution in [0, 0.1) is 13.8 Å². The summed E-state index contributed by atoms with van der Waals surface area (Å²) >= 11 is 6.08. The van der Waals surface area contributed by atoms with E-state index < -0.39 is 5.91 Å². The number of aryl methyl sites for hydroxylation is 3. The predicted octanol–water partition coefficient (Wildman–Crippen LogP) is 6.18. The quantitative estimate of drug-likeness (QED) is 0.398. The van der Waals surface area contributed by atoms with Crippen LogP contribution in [0.25, 0.3) is 17.1 Å². The summed E-state index contributed by atoms with van der Waals surface area (Å²) < 4.78 is 7.50. The van der Waals surface area contributed by atoms with Crippen LogP contribution in [0.15, 0.2) is 76.1 Å². The van der Waals surface area contributed by atoms with Gasteiger partial charge < -0.3 is 14.3 Å². The second-order valence-electron chi connectivity index (χ2n) is 7.58. The van der Waals surface area contributed by atoms with E-state index in [0.29, 0.717) is 22.2 Å². The number of amides is 1. The number of carbonyl (C=O) groups is 1. The SMILES string of the molecule is CCc1cccc(C)c1NC(=O)c1c(-c2ccco2)n(-c2ccc(Cl)cc2)c(C)cc1=O. The van der Waals surface area contributed by atoms with Crippen molar-refractivity contribution in [1.29, 1.82) is 0 Å². The number of aromatic nitrogens is 1. The summed E-state index contributed by atoms with van der Waals surface area (Å²) in [5, 5.41) is 3.58. The minimum atomic E-state index is -0.479. The van der Waals surface area contributed by atoms with Gasteiger partial charge in [-0.3, -0.25) is 9.59 Å². The molecular weight excluding hydrogens is 424 g/mol. The van der Waals surface area contributed by atoms with E-state index in [9.17, 15) is 9.59 Å². The van der Waals surface area contributed by atoms with E-state index in [1.54, 1.807) is 24.3 Å². The highest BCUT2D eigenvalue weighted by atomic mass is 35.5. The third kappa shape index (κ3) is 3.99. The van der Waals surface area contributed by atoms with Gasteiger partial charge in [0.15, 0.2) is 11.2 Å². The van der Waals surface area contributed by atoms with E-state index in [2.05, 4.69) is 5.32 Å². The molecule has 1 N–H and O–H groups in total. The molecule has 0 saturated carbocycles. The van der Waals surface area contributed by atoms with Crippen LogP contribution < -0.4 is 10.7 Å². The Morgan fingerprint density at radius 1 is 1.06 bits per heavy atom. The Balaban J connectivity index is 1.95. The van der Waals surface area contributed by atoms with Crippen molar-refractivity contribution in [1.82, 2.24) is 4.57 Å². The van der Waals surface area contributed by atoms with Crippen molar-refractivity contribution >= 4 is 23.2 Å². The van der Waals surface area contributed by atoms with Crippen molar-refractivity contribution < 1.29 is 9.21 Å². The van der Waals surface area contributed by atoms with E-state index in [1.807, 2.05) is 55.7 Å². The smallest absolute Gasteiger partial charge is 0.261 e. The van der Waals surface area contributed by atoms with Gasteiger partial charge in [-0.05, 0) is 67.8 Å². The van der Waals surface area contributed by atoms with E-state index in [0.717, 1.165) is 28.9 Å². The Kier molecular flexibility index (Phi) is 6.01. The fourth-order valence-corrected chi connectivity index (χ4v) is 4.02. The lowest BCUT2D eigenvalue weighted by Gasteiger charge is -2.20. The minimum Gasteiger partial charge on any atom is -0.463 e. The molecule has 2 heterocycles. The molecule has 0 aliphatic rings. The maximum atomic E-state index is 13.5. The first-order valence-corrected chi connectivity index (χ1v) is 10.7. The molecule has 4 rings (SSSR count). The molecule has 162 valence electrons. The predicted molar refractivity (Wildman–Crippen MR) is 128 cm³/mol. The van der Waals surface area contributed by atoms with Gasteiger partial charge in [0.1, 0.15) is 11.3 Å². The molecule has 0 radical (unpaired) electrons. The normalized spacial score (nSPS) is 10.9. The number of hydrogen-bond acceptors (Lipinski definition) is 3. The van der Waals surface area contributed by atoms with Crippen LogP contribution in [0.3, 0.4) is 0 Å². The fourth-order valence-electron chi connectivity index (χ4n) is 3.90. The molecular formula is C26H23ClN2O3. The summed E-state index contributed by atoms with van der Waals surface area (Å²) in [5.74, 6) is -0.0560. The van der Waals surface area contributed by atoms with E-state index in [4.69, 9.17) is 16.0 Å². The monoisotopic (exact) mass is 446 g/mol. The molecule has 4 aromatic rings. The summed E-state index contributed by atoms with van der Waals surface area (Å²) in [6.45, 7) is 5.78. The summed E-state index contributed by atoms with van der Waals surface area (Å²) in [6, 6.07) is 18.0. The summed E-state index contributed by atoms with van der Waals surface area (Å²) in [7, 11) is 0. The average molecular weight is 447 g/mol. The number of rotatable bonds is 5. The first kappa shape index (κ1) is 21.7. The maximum Gasteiger partial charge on any atom is 0.261 e. The lowest BCUT2D eigenvalue weighted by Crippen LogP contribution is -2.26. The number of hydrogen-bond donors (Lipinski definition) is 1. The van der Waals surface area contributed by atoms with Crippen molar-refractivity contribution in [2.45, 2.75) is 27.2 Å². The molecule has 0 fully saturated rings. The number of nitrogens with one attached hydrogen (secondary N) is 1. The van der Waals surface area contributed by atoms with Crippen LogP contribution in [0.4, 0.5) is 5.69 Å². The molecule has 6 heteroatoms. The molecule has 32 heavy (non-hydrogen) atoms. The van der Waals surface area contributed by atoms with Gasteiger partial charge >= 0.3 is 0 Å². The van der Waals surface area contributed by atoms with Crippen molar-refractivity contribution in [3.63, 3.8) is 0 Å². The largest absolute Gasteiger partial charge is 0.463 e. The third-order valence-electron chi connectivity index (χ3n) is 5.44. The molecule has 0 saturated heterocycles. The number of halogens is 1. The molecule has 1 amide bonds. The van der Waals surface area contributed by atoms with E-state index in [-0.39, 0.29) is 11.0 Å². The molecule has 0 atom stereocenters. The van der Waals surface area contributed by atoms with Gasteiger partial charge in [-0.15, -0.1) is 0 Å². The second kappa shape index (κ2) is 8.89. The number of furan rings is 1. The second-order valence-corrected chi connectivity index (χ2v) is 8.02. The highest BCUT2D eigenvalue weighted by Gasteiger charge is 2.25. The first-order chi connectivity index (χ1) is 15.4. The number of carbonyl (C=O) groups excluding carboxylic acids is 1. The van der Waals surface area contributed by atoms with Gasteiger partial charge in [0, 0.05) is 28.2 Å². The number of anilines is 1. The molecule has 0 aliphatic carbocycles. The van der Waals surface area contributed by atoms with Crippen LogP contribution in [-0.4, -0.2) is 10.5 Å². The molecule has 5 nitrogen and oxygen atoms in total. The van der Waals surface area contributed by atoms with Crippen molar-refractivity contribution in [2.75, 3.05) is 5.32 Å². The van der Waals surface area contributed by atoms with Gasteiger partial charge in [-0.25, -0.2) is 0 Å². The highest BCUT2D eigenvalue weighted by Crippen LogP contribution is 2.29. The number of nitrogens with zero attached hydrogens (tertiary/aromatic N) is 1. The maximum absolute atomic E-state index is 13.5. The summed E-state index contributed by atoms with van der Waals surface area (Å²) in [4.78, 5) is 26.7. The van der Waals surface area contributed by atoms with E-state index in [1.165, 1.54) is 12.3 Å². The number of pyridine rings is 1. The Hall–Kier alpha value is -3.57. The number of benzene rings is 2. The minimum absolute atomic E-state index is 0.0193. The van der Waals surface area contributed by atoms with Crippen molar-refractivity contribution in [2.24, 2.45) is 0 Å². The first-order valence-electron chi connectivity index (χ1n) is 10.4.